The van der Waals surface area contributed by atoms with Gasteiger partial charge >= 0.3 is 0 Å². The Morgan fingerprint density at radius 2 is 1.32 bits per heavy atom. The highest BCUT2D eigenvalue weighted by Gasteiger charge is 2.27. The van der Waals surface area contributed by atoms with E-state index in [9.17, 15) is 5.26 Å². The molecule has 192 valence electrons. The van der Waals surface area contributed by atoms with Crippen molar-refractivity contribution in [3.63, 3.8) is 0 Å². The first kappa shape index (κ1) is 26.0. The summed E-state index contributed by atoms with van der Waals surface area (Å²) in [6, 6.07) is 25.2. The summed E-state index contributed by atoms with van der Waals surface area (Å²) in [5.41, 5.74) is 5.59. The molecule has 0 N–H and O–H groups in total. The standard InChI is InChI=1S/C30H33Cl2N5/c1-34-12-16-36(17-13-34)29-11-6-25(21-33)26(20-29)22-35-14-18-37(19-15-35)30(23-2-7-27(31)8-3-23)24-4-9-28(32)10-5-24/h2-11,20,30H,12-19,22H2,1H3. The van der Waals surface area contributed by atoms with Gasteiger partial charge in [-0.2, -0.15) is 5.26 Å². The van der Waals surface area contributed by atoms with Crippen LogP contribution in [-0.2, 0) is 6.54 Å². The van der Waals surface area contributed by atoms with Crippen LogP contribution in [0.1, 0.15) is 28.3 Å². The Balaban J connectivity index is 1.29. The molecule has 2 fully saturated rings. The summed E-state index contributed by atoms with van der Waals surface area (Å²) in [4.78, 5) is 9.81. The second kappa shape index (κ2) is 11.9. The second-order valence-corrected chi connectivity index (χ2v) is 10.9. The number of benzene rings is 3. The van der Waals surface area contributed by atoms with Gasteiger partial charge in [0.25, 0.3) is 0 Å². The van der Waals surface area contributed by atoms with Crippen molar-refractivity contribution in [2.45, 2.75) is 12.6 Å². The number of hydrogen-bond donors (Lipinski definition) is 0. The predicted molar refractivity (Wildman–Crippen MR) is 152 cm³/mol. The molecule has 0 atom stereocenters. The highest BCUT2D eigenvalue weighted by atomic mass is 35.5. The number of anilines is 1. The smallest absolute Gasteiger partial charge is 0.0995 e. The van der Waals surface area contributed by atoms with E-state index in [0.29, 0.717) is 0 Å². The van der Waals surface area contributed by atoms with Gasteiger partial charge in [-0.1, -0.05) is 47.5 Å². The Morgan fingerprint density at radius 1 is 0.757 bits per heavy atom. The van der Waals surface area contributed by atoms with Crippen molar-refractivity contribution in [3.8, 4) is 6.07 Å². The predicted octanol–water partition coefficient (Wildman–Crippen LogP) is 5.52. The van der Waals surface area contributed by atoms with Crippen LogP contribution < -0.4 is 4.90 Å². The van der Waals surface area contributed by atoms with E-state index in [4.69, 9.17) is 23.2 Å². The van der Waals surface area contributed by atoms with Gasteiger partial charge in [-0.3, -0.25) is 9.80 Å². The molecule has 0 bridgehead atoms. The van der Waals surface area contributed by atoms with Crippen LogP contribution in [0.25, 0.3) is 0 Å². The normalized spacial score (nSPS) is 17.8. The van der Waals surface area contributed by atoms with Crippen LogP contribution in [0.5, 0.6) is 0 Å². The average molecular weight is 535 g/mol. The summed E-state index contributed by atoms with van der Waals surface area (Å²) >= 11 is 12.4. The minimum absolute atomic E-state index is 0.145. The Hall–Kier alpha value is -2.59. The van der Waals surface area contributed by atoms with Crippen molar-refractivity contribution in [2.24, 2.45) is 0 Å². The monoisotopic (exact) mass is 533 g/mol. The molecule has 37 heavy (non-hydrogen) atoms. The fraction of sp³-hybridized carbons (Fsp3) is 0.367. The zero-order chi connectivity index (χ0) is 25.8. The van der Waals surface area contributed by atoms with Gasteiger partial charge in [0.2, 0.25) is 0 Å². The summed E-state index contributed by atoms with van der Waals surface area (Å²) in [6.07, 6.45) is 0. The molecule has 3 aromatic carbocycles. The Morgan fingerprint density at radius 3 is 1.86 bits per heavy atom. The molecule has 2 aliphatic heterocycles. The van der Waals surface area contributed by atoms with Gasteiger partial charge in [-0.25, -0.2) is 0 Å². The quantitative estimate of drug-likeness (QED) is 0.416. The summed E-state index contributed by atoms with van der Waals surface area (Å²) in [7, 11) is 2.17. The summed E-state index contributed by atoms with van der Waals surface area (Å²) in [5.74, 6) is 0. The topological polar surface area (TPSA) is 36.8 Å². The molecule has 2 aliphatic rings. The Labute approximate surface area is 230 Å². The molecule has 0 spiro atoms. The van der Waals surface area contributed by atoms with Crippen molar-refractivity contribution >= 4 is 28.9 Å². The molecule has 3 aromatic rings. The lowest BCUT2D eigenvalue weighted by molar-refractivity contribution is 0.105. The van der Waals surface area contributed by atoms with Crippen LogP contribution in [-0.4, -0.2) is 74.1 Å². The zero-order valence-electron chi connectivity index (χ0n) is 21.3. The van der Waals surface area contributed by atoms with Crippen LogP contribution in [0.4, 0.5) is 5.69 Å². The third-order valence-electron chi connectivity index (χ3n) is 7.62. The Bertz CT molecular complexity index is 1180. The summed E-state index contributed by atoms with van der Waals surface area (Å²) in [5, 5.41) is 11.3. The number of piperazine rings is 2. The van der Waals surface area contributed by atoms with E-state index in [1.165, 1.54) is 16.8 Å². The van der Waals surface area contributed by atoms with E-state index in [1.807, 2.05) is 30.3 Å². The molecular formula is C30H33Cl2N5. The number of likely N-dealkylation sites (N-methyl/N-ethyl adjacent to an activating group) is 1. The third-order valence-corrected chi connectivity index (χ3v) is 8.12. The van der Waals surface area contributed by atoms with Crippen LogP contribution in [0, 0.1) is 11.3 Å². The average Bonchev–Trinajstić information content (AvgIpc) is 2.92. The van der Waals surface area contributed by atoms with E-state index in [-0.39, 0.29) is 6.04 Å². The van der Waals surface area contributed by atoms with Gasteiger partial charge < -0.3 is 9.80 Å². The molecule has 0 saturated carbocycles. The number of nitrogens with zero attached hydrogens (tertiary/aromatic N) is 5. The first-order valence-electron chi connectivity index (χ1n) is 12.9. The maximum atomic E-state index is 9.77. The maximum absolute atomic E-state index is 9.77. The number of nitriles is 1. The molecule has 0 aliphatic carbocycles. The van der Waals surface area contributed by atoms with Gasteiger partial charge in [0, 0.05) is 74.6 Å². The third kappa shape index (κ3) is 6.29. The van der Waals surface area contributed by atoms with E-state index >= 15 is 0 Å². The first-order valence-corrected chi connectivity index (χ1v) is 13.7. The molecule has 0 amide bonds. The highest BCUT2D eigenvalue weighted by Crippen LogP contribution is 2.32. The molecule has 0 radical (unpaired) electrons. The SMILES string of the molecule is CN1CCN(c2ccc(C#N)c(CN3CCN(C(c4ccc(Cl)cc4)c4ccc(Cl)cc4)CC3)c2)CC1. The van der Waals surface area contributed by atoms with Crippen molar-refractivity contribution < 1.29 is 0 Å². The van der Waals surface area contributed by atoms with E-state index in [0.717, 1.165) is 80.1 Å². The van der Waals surface area contributed by atoms with E-state index in [1.54, 1.807) is 0 Å². The second-order valence-electron chi connectivity index (χ2n) is 10.1. The van der Waals surface area contributed by atoms with Gasteiger partial charge in [-0.15, -0.1) is 0 Å². The lowest BCUT2D eigenvalue weighted by Crippen LogP contribution is -2.47. The summed E-state index contributed by atoms with van der Waals surface area (Å²) < 4.78 is 0. The van der Waals surface area contributed by atoms with Gasteiger partial charge in [0.15, 0.2) is 0 Å². The van der Waals surface area contributed by atoms with Gasteiger partial charge in [0.1, 0.15) is 0 Å². The minimum Gasteiger partial charge on any atom is -0.369 e. The van der Waals surface area contributed by atoms with Crippen molar-refractivity contribution in [1.29, 1.82) is 5.26 Å². The van der Waals surface area contributed by atoms with Gasteiger partial charge in [0.05, 0.1) is 17.7 Å². The molecule has 7 heteroatoms. The van der Waals surface area contributed by atoms with Crippen LogP contribution in [0.15, 0.2) is 66.7 Å². The maximum Gasteiger partial charge on any atom is 0.0995 e. The zero-order valence-corrected chi connectivity index (χ0v) is 22.8. The number of rotatable bonds is 6. The fourth-order valence-electron chi connectivity index (χ4n) is 5.41. The van der Waals surface area contributed by atoms with Crippen LogP contribution in [0.2, 0.25) is 10.0 Å². The number of hydrogen-bond acceptors (Lipinski definition) is 5. The number of halogens is 2. The lowest BCUT2D eigenvalue weighted by atomic mass is 9.96. The van der Waals surface area contributed by atoms with Crippen LogP contribution in [0.3, 0.4) is 0 Å². The van der Waals surface area contributed by atoms with Crippen LogP contribution >= 0.6 is 23.2 Å². The van der Waals surface area contributed by atoms with E-state index in [2.05, 4.69) is 69.1 Å². The minimum atomic E-state index is 0.145. The molecule has 5 nitrogen and oxygen atoms in total. The first-order chi connectivity index (χ1) is 18.0. The van der Waals surface area contributed by atoms with Gasteiger partial charge in [-0.05, 0) is 66.2 Å². The molecule has 2 saturated heterocycles. The Kier molecular flexibility index (Phi) is 8.34. The van der Waals surface area contributed by atoms with Crippen molar-refractivity contribution in [3.05, 3.63) is 99.0 Å². The van der Waals surface area contributed by atoms with Crippen molar-refractivity contribution in [1.82, 2.24) is 14.7 Å². The van der Waals surface area contributed by atoms with Crippen molar-refractivity contribution in [2.75, 3.05) is 64.3 Å². The van der Waals surface area contributed by atoms with E-state index < -0.39 is 0 Å². The highest BCUT2D eigenvalue weighted by molar-refractivity contribution is 6.30. The largest absolute Gasteiger partial charge is 0.369 e. The molecule has 0 aromatic heterocycles. The molecule has 0 unspecified atom stereocenters. The molecule has 2 heterocycles. The fourth-order valence-corrected chi connectivity index (χ4v) is 5.66. The summed E-state index contributed by atoms with van der Waals surface area (Å²) in [6.45, 7) is 8.76. The molecular weight excluding hydrogens is 501 g/mol. The molecule has 5 rings (SSSR count). The lowest BCUT2D eigenvalue weighted by Gasteiger charge is -2.40.